The topological polar surface area (TPSA) is 33.2 Å². The zero-order chi connectivity index (χ0) is 12.4. The van der Waals surface area contributed by atoms with Gasteiger partial charge in [0.05, 0.1) is 5.01 Å². The van der Waals surface area contributed by atoms with E-state index in [9.17, 15) is 4.79 Å². The van der Waals surface area contributed by atoms with E-state index in [2.05, 4.69) is 11.9 Å². The van der Waals surface area contributed by atoms with Gasteiger partial charge in [-0.05, 0) is 39.5 Å². The molecule has 0 aromatic carbocycles. The lowest BCUT2D eigenvalue weighted by Crippen LogP contribution is -2.43. The molecule has 1 amide bonds. The van der Waals surface area contributed by atoms with E-state index in [1.807, 2.05) is 18.7 Å². The van der Waals surface area contributed by atoms with E-state index in [0.717, 1.165) is 35.7 Å². The van der Waals surface area contributed by atoms with Gasteiger partial charge in [0.25, 0.3) is 5.91 Å². The fraction of sp³-hybridized carbons (Fsp3) is 0.692. The molecule has 0 bridgehead atoms. The molecule has 1 unspecified atom stereocenters. The lowest BCUT2D eigenvalue weighted by molar-refractivity contribution is 0.0602. The van der Waals surface area contributed by atoms with Gasteiger partial charge < -0.3 is 4.90 Å². The molecule has 0 saturated carbocycles. The average molecular weight is 252 g/mol. The molecular weight excluding hydrogens is 232 g/mol. The number of nitrogens with zero attached hydrogens (tertiary/aromatic N) is 2. The highest BCUT2D eigenvalue weighted by molar-refractivity contribution is 7.11. The fourth-order valence-electron chi connectivity index (χ4n) is 2.56. The number of carbonyl (C=O) groups is 1. The Morgan fingerprint density at radius 2 is 2.24 bits per heavy atom. The maximum absolute atomic E-state index is 12.5. The molecule has 1 aliphatic heterocycles. The molecule has 4 heteroatoms. The van der Waals surface area contributed by atoms with Crippen molar-refractivity contribution in [3.05, 3.63) is 15.6 Å². The summed E-state index contributed by atoms with van der Waals surface area (Å²) >= 11 is 1.61. The van der Waals surface area contributed by atoms with Crippen LogP contribution in [0.5, 0.6) is 0 Å². The second kappa shape index (κ2) is 5.17. The van der Waals surface area contributed by atoms with Crippen LogP contribution >= 0.6 is 11.3 Å². The summed E-state index contributed by atoms with van der Waals surface area (Å²) in [5.74, 6) is 0.137. The Bertz CT molecular complexity index is 414. The first-order chi connectivity index (χ1) is 8.13. The van der Waals surface area contributed by atoms with Gasteiger partial charge in [-0.25, -0.2) is 4.98 Å². The highest BCUT2D eigenvalue weighted by atomic mass is 32.1. The van der Waals surface area contributed by atoms with Crippen LogP contribution in [-0.2, 0) is 0 Å². The van der Waals surface area contributed by atoms with Crippen molar-refractivity contribution in [2.75, 3.05) is 6.54 Å². The third-order valence-corrected chi connectivity index (χ3v) is 4.35. The van der Waals surface area contributed by atoms with Crippen LogP contribution < -0.4 is 0 Å². The number of thiazole rings is 1. The van der Waals surface area contributed by atoms with Crippen molar-refractivity contribution in [1.29, 1.82) is 0 Å². The normalized spacial score (nSPS) is 20.6. The second-order valence-electron chi connectivity index (χ2n) is 4.69. The smallest absolute Gasteiger partial charge is 0.273 e. The lowest BCUT2D eigenvalue weighted by Gasteiger charge is -2.34. The predicted octanol–water partition coefficient (Wildman–Crippen LogP) is 3.16. The summed E-state index contributed by atoms with van der Waals surface area (Å²) in [5.41, 5.74) is 0.674. The lowest BCUT2D eigenvalue weighted by atomic mass is 9.99. The minimum absolute atomic E-state index is 0.137. The van der Waals surface area contributed by atoms with E-state index in [1.165, 1.54) is 6.42 Å². The molecule has 2 rings (SSSR count). The van der Waals surface area contributed by atoms with Crippen molar-refractivity contribution in [1.82, 2.24) is 9.88 Å². The first kappa shape index (κ1) is 12.6. The monoisotopic (exact) mass is 252 g/mol. The van der Waals surface area contributed by atoms with Crippen molar-refractivity contribution in [3.8, 4) is 0 Å². The van der Waals surface area contributed by atoms with Crippen molar-refractivity contribution in [2.24, 2.45) is 0 Å². The number of piperidine rings is 1. The Morgan fingerprint density at radius 3 is 2.82 bits per heavy atom. The van der Waals surface area contributed by atoms with Gasteiger partial charge in [0, 0.05) is 17.5 Å². The van der Waals surface area contributed by atoms with Crippen LogP contribution in [-0.4, -0.2) is 28.4 Å². The van der Waals surface area contributed by atoms with E-state index in [0.29, 0.717) is 11.7 Å². The van der Waals surface area contributed by atoms with Gasteiger partial charge in [-0.2, -0.15) is 0 Å². The number of rotatable bonds is 2. The number of hydrogen-bond donors (Lipinski definition) is 0. The molecule has 1 saturated heterocycles. The summed E-state index contributed by atoms with van der Waals surface area (Å²) in [4.78, 5) is 19.9. The molecule has 3 nitrogen and oxygen atoms in total. The van der Waals surface area contributed by atoms with Gasteiger partial charge in [-0.3, -0.25) is 4.79 Å². The van der Waals surface area contributed by atoms with Gasteiger partial charge in [0.2, 0.25) is 0 Å². The van der Waals surface area contributed by atoms with Gasteiger partial charge in [0.1, 0.15) is 5.69 Å². The summed E-state index contributed by atoms with van der Waals surface area (Å²) in [6.07, 6.45) is 4.57. The molecule has 1 aliphatic rings. The van der Waals surface area contributed by atoms with Gasteiger partial charge >= 0.3 is 0 Å². The third kappa shape index (κ3) is 2.51. The van der Waals surface area contributed by atoms with Crippen LogP contribution in [0, 0.1) is 13.8 Å². The standard InChI is InChI=1S/C13H20N2OS/c1-4-11-7-5-6-8-15(11)13(16)12-9(2)17-10(3)14-12/h11H,4-8H2,1-3H3. The van der Waals surface area contributed by atoms with Crippen molar-refractivity contribution in [2.45, 2.75) is 52.5 Å². The maximum atomic E-state index is 12.5. The first-order valence-electron chi connectivity index (χ1n) is 6.38. The molecule has 0 N–H and O–H groups in total. The summed E-state index contributed by atoms with van der Waals surface area (Å²) < 4.78 is 0. The number of amides is 1. The Labute approximate surface area is 107 Å². The van der Waals surface area contributed by atoms with Crippen molar-refractivity contribution < 1.29 is 4.79 Å². The van der Waals surface area contributed by atoms with E-state index < -0.39 is 0 Å². The van der Waals surface area contributed by atoms with Crippen molar-refractivity contribution >= 4 is 17.2 Å². The van der Waals surface area contributed by atoms with Crippen LogP contribution in [0.25, 0.3) is 0 Å². The molecule has 0 aliphatic carbocycles. The zero-order valence-electron chi connectivity index (χ0n) is 10.8. The molecule has 1 fully saturated rings. The summed E-state index contributed by atoms with van der Waals surface area (Å²) in [6, 6.07) is 0.414. The number of aromatic nitrogens is 1. The molecule has 1 aromatic heterocycles. The highest BCUT2D eigenvalue weighted by Crippen LogP contribution is 2.24. The Morgan fingerprint density at radius 1 is 1.47 bits per heavy atom. The molecule has 94 valence electrons. The number of hydrogen-bond acceptors (Lipinski definition) is 3. The Kier molecular flexibility index (Phi) is 3.82. The minimum atomic E-state index is 0.137. The van der Waals surface area contributed by atoms with Crippen LogP contribution in [0.3, 0.4) is 0 Å². The number of carbonyl (C=O) groups excluding carboxylic acids is 1. The average Bonchev–Trinajstić information content (AvgIpc) is 2.67. The first-order valence-corrected chi connectivity index (χ1v) is 7.20. The van der Waals surface area contributed by atoms with Gasteiger partial charge in [-0.15, -0.1) is 11.3 Å². The number of likely N-dealkylation sites (tertiary alicyclic amines) is 1. The number of aryl methyl sites for hydroxylation is 2. The zero-order valence-corrected chi connectivity index (χ0v) is 11.6. The van der Waals surface area contributed by atoms with Crippen LogP contribution in [0.4, 0.5) is 0 Å². The molecule has 17 heavy (non-hydrogen) atoms. The third-order valence-electron chi connectivity index (χ3n) is 3.47. The minimum Gasteiger partial charge on any atom is -0.334 e. The SMILES string of the molecule is CCC1CCCCN1C(=O)c1nc(C)sc1C. The van der Waals surface area contributed by atoms with E-state index in [-0.39, 0.29) is 5.91 Å². The highest BCUT2D eigenvalue weighted by Gasteiger charge is 2.28. The second-order valence-corrected chi connectivity index (χ2v) is 6.10. The van der Waals surface area contributed by atoms with Gasteiger partial charge in [0.15, 0.2) is 0 Å². The maximum Gasteiger partial charge on any atom is 0.273 e. The van der Waals surface area contributed by atoms with E-state index >= 15 is 0 Å². The van der Waals surface area contributed by atoms with Crippen LogP contribution in [0.15, 0.2) is 0 Å². The van der Waals surface area contributed by atoms with Crippen molar-refractivity contribution in [3.63, 3.8) is 0 Å². The van der Waals surface area contributed by atoms with Gasteiger partial charge in [-0.1, -0.05) is 6.92 Å². The fourth-order valence-corrected chi connectivity index (χ4v) is 3.37. The predicted molar refractivity (Wildman–Crippen MR) is 70.6 cm³/mol. The molecule has 0 radical (unpaired) electrons. The molecule has 0 spiro atoms. The quantitative estimate of drug-likeness (QED) is 0.810. The van der Waals surface area contributed by atoms with Crippen LogP contribution in [0.1, 0.15) is 53.0 Å². The molecule has 2 heterocycles. The Hall–Kier alpha value is -0.900. The molecule has 1 atom stereocenters. The molecule has 1 aromatic rings. The largest absolute Gasteiger partial charge is 0.334 e. The van der Waals surface area contributed by atoms with Crippen LogP contribution in [0.2, 0.25) is 0 Å². The molecular formula is C13H20N2OS. The Balaban J connectivity index is 2.21. The van der Waals surface area contributed by atoms with E-state index in [4.69, 9.17) is 0 Å². The summed E-state index contributed by atoms with van der Waals surface area (Å²) in [6.45, 7) is 7.01. The summed E-state index contributed by atoms with van der Waals surface area (Å²) in [5, 5.41) is 0.982. The van der Waals surface area contributed by atoms with E-state index in [1.54, 1.807) is 11.3 Å². The summed E-state index contributed by atoms with van der Waals surface area (Å²) in [7, 11) is 0.